The SMILES string of the molecule is C[C@@](O)(CO)C1=CCCN(Cc2ccc(N)cc2OC(F)F)C1.[CH3-].[Cs+]. The van der Waals surface area contributed by atoms with Gasteiger partial charge in [-0.25, -0.2) is 0 Å². The van der Waals surface area contributed by atoms with E-state index >= 15 is 0 Å². The third-order valence-corrected chi connectivity index (χ3v) is 3.93. The fraction of sp³-hybridized carbons (Fsp3) is 0.471. The molecule has 5 nitrogen and oxygen atoms in total. The summed E-state index contributed by atoms with van der Waals surface area (Å²) in [6, 6.07) is 4.68. The van der Waals surface area contributed by atoms with Gasteiger partial charge < -0.3 is 28.1 Å². The summed E-state index contributed by atoms with van der Waals surface area (Å²) in [4.78, 5) is 2.00. The van der Waals surface area contributed by atoms with Crippen LogP contribution in [0.4, 0.5) is 14.5 Å². The van der Waals surface area contributed by atoms with Gasteiger partial charge in [-0.1, -0.05) is 12.1 Å². The smallest absolute Gasteiger partial charge is 0.434 e. The molecule has 0 unspecified atom stereocenters. The van der Waals surface area contributed by atoms with Gasteiger partial charge in [0, 0.05) is 37.0 Å². The van der Waals surface area contributed by atoms with E-state index in [-0.39, 0.29) is 88.7 Å². The molecule has 1 heterocycles. The summed E-state index contributed by atoms with van der Waals surface area (Å²) in [5.74, 6) is 0.0602. The molecule has 1 aliphatic heterocycles. The molecule has 25 heavy (non-hydrogen) atoms. The van der Waals surface area contributed by atoms with Crippen molar-refractivity contribution in [3.05, 3.63) is 42.8 Å². The molecule has 1 atom stereocenters. The minimum absolute atomic E-state index is 0. The number of ether oxygens (including phenoxy) is 1. The molecule has 0 aliphatic carbocycles. The first-order chi connectivity index (χ1) is 10.8. The van der Waals surface area contributed by atoms with Crippen molar-refractivity contribution < 1.29 is 92.6 Å². The van der Waals surface area contributed by atoms with E-state index in [0.29, 0.717) is 30.8 Å². The summed E-state index contributed by atoms with van der Waals surface area (Å²) in [5.41, 5.74) is 6.02. The maximum absolute atomic E-state index is 12.5. The van der Waals surface area contributed by atoms with Crippen molar-refractivity contribution in [2.24, 2.45) is 0 Å². The van der Waals surface area contributed by atoms with Crippen LogP contribution in [0.5, 0.6) is 5.75 Å². The quantitative estimate of drug-likeness (QED) is 0.285. The van der Waals surface area contributed by atoms with Crippen LogP contribution in [-0.2, 0) is 6.54 Å². The largest absolute Gasteiger partial charge is 1.00 e. The van der Waals surface area contributed by atoms with Gasteiger partial charge in [-0.15, -0.1) is 0 Å². The summed E-state index contributed by atoms with van der Waals surface area (Å²) in [5, 5.41) is 19.4. The summed E-state index contributed by atoms with van der Waals surface area (Å²) >= 11 is 0. The first-order valence-electron chi connectivity index (χ1n) is 7.40. The number of hydrogen-bond acceptors (Lipinski definition) is 5. The number of aliphatic hydroxyl groups excluding tert-OH is 1. The minimum Gasteiger partial charge on any atom is -0.434 e. The van der Waals surface area contributed by atoms with Gasteiger partial charge in [0.15, 0.2) is 0 Å². The molecule has 1 aromatic carbocycles. The Hall–Kier alpha value is 0.352. The van der Waals surface area contributed by atoms with Gasteiger partial charge in [0.05, 0.1) is 6.61 Å². The zero-order valence-corrected chi connectivity index (χ0v) is 21.3. The summed E-state index contributed by atoms with van der Waals surface area (Å²) in [6.45, 7) is -0.162. The van der Waals surface area contributed by atoms with E-state index in [4.69, 9.17) is 5.73 Å². The van der Waals surface area contributed by atoms with E-state index in [9.17, 15) is 19.0 Å². The van der Waals surface area contributed by atoms with Gasteiger partial charge in [0.1, 0.15) is 11.4 Å². The summed E-state index contributed by atoms with van der Waals surface area (Å²) in [7, 11) is 0. The molecule has 0 bridgehead atoms. The molecule has 0 amide bonds. The van der Waals surface area contributed by atoms with Crippen LogP contribution in [0, 0.1) is 7.43 Å². The zero-order valence-electron chi connectivity index (χ0n) is 15.0. The Morgan fingerprint density at radius 3 is 2.68 bits per heavy atom. The molecule has 0 radical (unpaired) electrons. The van der Waals surface area contributed by atoms with Crippen molar-refractivity contribution >= 4 is 5.69 Å². The molecule has 0 saturated carbocycles. The minimum atomic E-state index is -2.91. The predicted molar refractivity (Wildman–Crippen MR) is 89.6 cm³/mol. The van der Waals surface area contributed by atoms with E-state index < -0.39 is 12.2 Å². The Balaban J connectivity index is 0.00000288. The topological polar surface area (TPSA) is 79.0 Å². The Labute approximate surface area is 206 Å². The van der Waals surface area contributed by atoms with E-state index in [1.165, 1.54) is 6.07 Å². The third kappa shape index (κ3) is 7.47. The Kier molecular flexibility index (Phi) is 11.4. The Bertz CT molecular complexity index is 583. The number of alkyl halides is 2. The number of halogens is 2. The second-order valence-electron chi connectivity index (χ2n) is 5.91. The van der Waals surface area contributed by atoms with Crippen LogP contribution < -0.4 is 79.4 Å². The molecule has 0 spiro atoms. The zero-order chi connectivity index (χ0) is 17.0. The number of nitrogen functional groups attached to an aromatic ring is 1. The average Bonchev–Trinajstić information content (AvgIpc) is 2.50. The maximum atomic E-state index is 12.5. The van der Waals surface area contributed by atoms with Crippen LogP contribution >= 0.6 is 0 Å². The molecular weight excluding hydrogens is 451 g/mol. The van der Waals surface area contributed by atoms with Gasteiger partial charge in [-0.2, -0.15) is 8.78 Å². The number of nitrogens with zero attached hydrogens (tertiary/aromatic N) is 1. The van der Waals surface area contributed by atoms with E-state index in [1.807, 2.05) is 11.0 Å². The number of benzene rings is 1. The Morgan fingerprint density at radius 1 is 1.40 bits per heavy atom. The van der Waals surface area contributed by atoms with Gasteiger partial charge in [0.25, 0.3) is 0 Å². The molecule has 4 N–H and O–H groups in total. The van der Waals surface area contributed by atoms with Gasteiger partial charge in [-0.3, -0.25) is 4.90 Å². The normalized spacial score (nSPS) is 17.1. The van der Waals surface area contributed by atoms with Gasteiger partial charge >= 0.3 is 75.5 Å². The first kappa shape index (κ1) is 25.4. The fourth-order valence-corrected chi connectivity index (χ4v) is 2.58. The first-order valence-corrected chi connectivity index (χ1v) is 7.40. The molecule has 2 rings (SSSR count). The van der Waals surface area contributed by atoms with Crippen molar-refractivity contribution in [1.29, 1.82) is 0 Å². The fourth-order valence-electron chi connectivity index (χ4n) is 2.58. The second kappa shape index (κ2) is 11.3. The Morgan fingerprint density at radius 2 is 2.08 bits per heavy atom. The number of anilines is 1. The van der Waals surface area contributed by atoms with Crippen molar-refractivity contribution in [2.45, 2.75) is 32.1 Å². The number of hydrogen-bond donors (Lipinski definition) is 3. The van der Waals surface area contributed by atoms with Crippen LogP contribution in [-0.4, -0.2) is 47.0 Å². The van der Waals surface area contributed by atoms with Gasteiger partial charge in [0.2, 0.25) is 0 Å². The van der Waals surface area contributed by atoms with Crippen molar-refractivity contribution in [3.63, 3.8) is 0 Å². The van der Waals surface area contributed by atoms with Crippen LogP contribution in [0.1, 0.15) is 18.9 Å². The summed E-state index contributed by atoms with van der Waals surface area (Å²) < 4.78 is 29.6. The molecule has 1 aliphatic rings. The molecular formula is C17H25CsF2N2O3. The third-order valence-electron chi connectivity index (χ3n) is 3.93. The van der Waals surface area contributed by atoms with Crippen LogP contribution in [0.2, 0.25) is 0 Å². The molecule has 0 aromatic heterocycles. The number of aliphatic hydroxyl groups is 2. The molecule has 0 fully saturated rings. The average molecular weight is 476 g/mol. The van der Waals surface area contributed by atoms with E-state index in [0.717, 1.165) is 12.1 Å². The van der Waals surface area contributed by atoms with Crippen LogP contribution in [0.15, 0.2) is 29.8 Å². The van der Waals surface area contributed by atoms with E-state index in [1.54, 1.807) is 19.1 Å². The molecule has 0 saturated heterocycles. The predicted octanol–water partition coefficient (Wildman–Crippen LogP) is -0.800. The molecule has 1 aromatic rings. The van der Waals surface area contributed by atoms with Crippen molar-refractivity contribution in [2.75, 3.05) is 25.4 Å². The summed E-state index contributed by atoms with van der Waals surface area (Å²) in [6.07, 6.45) is 2.62. The van der Waals surface area contributed by atoms with Crippen molar-refractivity contribution in [3.8, 4) is 5.75 Å². The van der Waals surface area contributed by atoms with Gasteiger partial charge in [-0.05, 0) is 25.0 Å². The van der Waals surface area contributed by atoms with Crippen molar-refractivity contribution in [1.82, 2.24) is 4.90 Å². The van der Waals surface area contributed by atoms with Crippen LogP contribution in [0.25, 0.3) is 0 Å². The standard InChI is InChI=1S/C16H22F2N2O3.CH3.Cs/c1-16(22,10-21)12-3-2-6-20(9-12)8-11-4-5-13(19)7-14(11)23-15(17)18;;/h3-5,7,15,21-22H,2,6,8-10,19H2,1H3;1H3;/q;-1;+1/t16-;;/m1../s1. The number of nitrogens with two attached hydrogens (primary N) is 1. The molecule has 136 valence electrons. The monoisotopic (exact) mass is 476 g/mol. The van der Waals surface area contributed by atoms with E-state index in [2.05, 4.69) is 4.74 Å². The molecule has 8 heteroatoms. The van der Waals surface area contributed by atoms with Crippen LogP contribution in [0.3, 0.4) is 0 Å². The maximum Gasteiger partial charge on any atom is 1.00 e. The number of rotatable bonds is 6. The second-order valence-corrected chi connectivity index (χ2v) is 5.91.